The van der Waals surface area contributed by atoms with Gasteiger partial charge in [0.1, 0.15) is 5.69 Å². The molecule has 1 amide bonds. The molecule has 0 aliphatic rings. The number of nitrogens with one attached hydrogen (secondary N) is 1. The predicted octanol–water partition coefficient (Wildman–Crippen LogP) is 4.34. The number of hydrogen-bond donors (Lipinski definition) is 1. The molecule has 0 fully saturated rings. The fourth-order valence-corrected chi connectivity index (χ4v) is 3.65. The standard InChI is InChI=1S/C27H25N3O4/c1-18-24(26(32)30(29(18)3)23-12-8-5-9-13-23)28-25(31)19(2)34-27(33)22-16-14-21(15-17-22)20-10-6-4-7-11-20/h4-17,19H,1-3H3,(H,28,31)/t19-/m0/s1. The van der Waals surface area contributed by atoms with Crippen LogP contribution in [0.3, 0.4) is 0 Å². The van der Waals surface area contributed by atoms with Crippen LogP contribution in [-0.4, -0.2) is 27.3 Å². The fraction of sp³-hybridized carbons (Fsp3) is 0.148. The number of aromatic nitrogens is 2. The zero-order valence-electron chi connectivity index (χ0n) is 19.2. The van der Waals surface area contributed by atoms with Gasteiger partial charge in [-0.15, -0.1) is 0 Å². The minimum Gasteiger partial charge on any atom is -0.449 e. The molecule has 34 heavy (non-hydrogen) atoms. The molecule has 0 unspecified atom stereocenters. The van der Waals surface area contributed by atoms with Crippen LogP contribution in [-0.2, 0) is 16.6 Å². The Morgan fingerprint density at radius 2 is 1.41 bits per heavy atom. The molecule has 1 aromatic heterocycles. The van der Waals surface area contributed by atoms with Crippen LogP contribution >= 0.6 is 0 Å². The highest BCUT2D eigenvalue weighted by molar-refractivity contribution is 5.97. The molecule has 0 radical (unpaired) electrons. The molecule has 7 heteroatoms. The quantitative estimate of drug-likeness (QED) is 0.439. The summed E-state index contributed by atoms with van der Waals surface area (Å²) in [5, 5.41) is 2.63. The molecule has 4 rings (SSSR count). The number of rotatable bonds is 6. The first kappa shape index (κ1) is 22.8. The highest BCUT2D eigenvalue weighted by Gasteiger charge is 2.23. The van der Waals surface area contributed by atoms with Gasteiger partial charge in [0.05, 0.1) is 16.9 Å². The van der Waals surface area contributed by atoms with Crippen LogP contribution in [0.15, 0.2) is 89.7 Å². The Bertz CT molecular complexity index is 1370. The number of hydrogen-bond acceptors (Lipinski definition) is 4. The van der Waals surface area contributed by atoms with Crippen molar-refractivity contribution >= 4 is 17.6 Å². The number of carbonyl (C=O) groups is 2. The lowest BCUT2D eigenvalue weighted by molar-refractivity contribution is -0.123. The van der Waals surface area contributed by atoms with E-state index in [9.17, 15) is 14.4 Å². The van der Waals surface area contributed by atoms with Gasteiger partial charge in [0.15, 0.2) is 6.10 Å². The van der Waals surface area contributed by atoms with E-state index in [2.05, 4.69) is 5.32 Å². The van der Waals surface area contributed by atoms with Crippen molar-refractivity contribution in [3.05, 3.63) is 107 Å². The third-order valence-corrected chi connectivity index (χ3v) is 5.68. The van der Waals surface area contributed by atoms with Crippen molar-refractivity contribution in [3.8, 4) is 16.8 Å². The summed E-state index contributed by atoms with van der Waals surface area (Å²) in [6, 6.07) is 25.9. The molecule has 1 atom stereocenters. The summed E-state index contributed by atoms with van der Waals surface area (Å²) in [5.74, 6) is -1.20. The Balaban J connectivity index is 1.45. The first-order valence-electron chi connectivity index (χ1n) is 10.9. The number of esters is 1. The Labute approximate surface area is 197 Å². The summed E-state index contributed by atoms with van der Waals surface area (Å²) in [7, 11) is 1.74. The number of ether oxygens (including phenoxy) is 1. The molecule has 0 saturated heterocycles. The molecule has 7 nitrogen and oxygen atoms in total. The molecule has 0 spiro atoms. The van der Waals surface area contributed by atoms with Crippen molar-refractivity contribution in [1.29, 1.82) is 0 Å². The number of anilines is 1. The predicted molar refractivity (Wildman–Crippen MR) is 131 cm³/mol. The van der Waals surface area contributed by atoms with Gasteiger partial charge in [-0.3, -0.25) is 14.3 Å². The van der Waals surface area contributed by atoms with E-state index in [0.29, 0.717) is 16.9 Å². The molecule has 172 valence electrons. The maximum absolute atomic E-state index is 13.0. The van der Waals surface area contributed by atoms with Gasteiger partial charge in [-0.1, -0.05) is 60.7 Å². The Morgan fingerprint density at radius 3 is 2.03 bits per heavy atom. The molecule has 0 aliphatic heterocycles. The molecule has 4 aromatic rings. The van der Waals surface area contributed by atoms with Crippen LogP contribution in [0.5, 0.6) is 0 Å². The number of carbonyl (C=O) groups excluding carboxylic acids is 2. The summed E-state index contributed by atoms with van der Waals surface area (Å²) in [6.45, 7) is 3.21. The first-order valence-corrected chi connectivity index (χ1v) is 10.9. The van der Waals surface area contributed by atoms with Gasteiger partial charge in [-0.05, 0) is 49.2 Å². The fourth-order valence-electron chi connectivity index (χ4n) is 3.65. The second-order valence-electron chi connectivity index (χ2n) is 7.92. The van der Waals surface area contributed by atoms with Crippen LogP contribution in [0.1, 0.15) is 23.0 Å². The lowest BCUT2D eigenvalue weighted by Crippen LogP contribution is -2.32. The van der Waals surface area contributed by atoms with E-state index >= 15 is 0 Å². The zero-order valence-corrected chi connectivity index (χ0v) is 19.2. The summed E-state index contributed by atoms with van der Waals surface area (Å²) >= 11 is 0. The van der Waals surface area contributed by atoms with E-state index < -0.39 is 18.0 Å². The molecule has 1 N–H and O–H groups in total. The number of nitrogens with zero attached hydrogens (tertiary/aromatic N) is 2. The zero-order chi connectivity index (χ0) is 24.2. The molecule has 0 bridgehead atoms. The molecule has 1 heterocycles. The molecule has 0 aliphatic carbocycles. The minimum atomic E-state index is -1.09. The van der Waals surface area contributed by atoms with Crippen molar-refractivity contribution in [2.24, 2.45) is 7.05 Å². The minimum absolute atomic E-state index is 0.145. The van der Waals surface area contributed by atoms with E-state index in [4.69, 9.17) is 4.74 Å². The van der Waals surface area contributed by atoms with Gasteiger partial charge < -0.3 is 10.1 Å². The maximum Gasteiger partial charge on any atom is 0.338 e. The van der Waals surface area contributed by atoms with E-state index in [1.165, 1.54) is 11.6 Å². The molecule has 0 saturated carbocycles. The Hall–Kier alpha value is -4.39. The summed E-state index contributed by atoms with van der Waals surface area (Å²) < 4.78 is 8.48. The van der Waals surface area contributed by atoms with Crippen molar-refractivity contribution in [2.75, 3.05) is 5.32 Å². The van der Waals surface area contributed by atoms with Crippen molar-refractivity contribution in [2.45, 2.75) is 20.0 Å². The van der Waals surface area contributed by atoms with Gasteiger partial charge >= 0.3 is 5.97 Å². The summed E-state index contributed by atoms with van der Waals surface area (Å²) in [5.41, 5.74) is 3.38. The third-order valence-electron chi connectivity index (χ3n) is 5.68. The maximum atomic E-state index is 13.0. The topological polar surface area (TPSA) is 82.3 Å². The van der Waals surface area contributed by atoms with Gasteiger partial charge in [-0.2, -0.15) is 0 Å². The van der Waals surface area contributed by atoms with Crippen molar-refractivity contribution < 1.29 is 14.3 Å². The molecule has 3 aromatic carbocycles. The Kier molecular flexibility index (Phi) is 6.45. The smallest absolute Gasteiger partial charge is 0.338 e. The van der Waals surface area contributed by atoms with Crippen LogP contribution in [0, 0.1) is 6.92 Å². The van der Waals surface area contributed by atoms with Crippen molar-refractivity contribution in [3.63, 3.8) is 0 Å². The monoisotopic (exact) mass is 455 g/mol. The highest BCUT2D eigenvalue weighted by atomic mass is 16.5. The third kappa shape index (κ3) is 4.54. The number of para-hydroxylation sites is 1. The summed E-state index contributed by atoms with van der Waals surface area (Å²) in [4.78, 5) is 38.3. The van der Waals surface area contributed by atoms with E-state index in [-0.39, 0.29) is 11.2 Å². The van der Waals surface area contributed by atoms with Crippen LogP contribution in [0.4, 0.5) is 5.69 Å². The van der Waals surface area contributed by atoms with Gasteiger partial charge in [0.25, 0.3) is 11.5 Å². The normalized spacial score (nSPS) is 11.6. The lowest BCUT2D eigenvalue weighted by Gasteiger charge is -2.13. The Morgan fingerprint density at radius 1 is 0.853 bits per heavy atom. The molecular weight excluding hydrogens is 430 g/mol. The summed E-state index contributed by atoms with van der Waals surface area (Å²) in [6.07, 6.45) is -1.09. The second kappa shape index (κ2) is 9.62. The van der Waals surface area contributed by atoms with E-state index in [1.807, 2.05) is 60.7 Å². The second-order valence-corrected chi connectivity index (χ2v) is 7.92. The highest BCUT2D eigenvalue weighted by Crippen LogP contribution is 2.20. The van der Waals surface area contributed by atoms with Crippen LogP contribution in [0.25, 0.3) is 16.8 Å². The van der Waals surface area contributed by atoms with Gasteiger partial charge in [0, 0.05) is 7.05 Å². The van der Waals surface area contributed by atoms with Gasteiger partial charge in [0.2, 0.25) is 0 Å². The first-order chi connectivity index (χ1) is 16.4. The lowest BCUT2D eigenvalue weighted by atomic mass is 10.0. The van der Waals surface area contributed by atoms with E-state index in [0.717, 1.165) is 11.1 Å². The average Bonchev–Trinajstić information content (AvgIpc) is 3.08. The van der Waals surface area contributed by atoms with E-state index in [1.54, 1.807) is 42.9 Å². The largest absolute Gasteiger partial charge is 0.449 e. The molecular formula is C27H25N3O4. The van der Waals surface area contributed by atoms with Gasteiger partial charge in [-0.25, -0.2) is 9.48 Å². The van der Waals surface area contributed by atoms with Crippen LogP contribution in [0.2, 0.25) is 0 Å². The number of benzene rings is 3. The SMILES string of the molecule is Cc1c(NC(=O)[C@H](C)OC(=O)c2ccc(-c3ccccc3)cc2)c(=O)n(-c2ccccc2)n1C. The number of amides is 1. The van der Waals surface area contributed by atoms with Crippen LogP contribution < -0.4 is 10.9 Å². The van der Waals surface area contributed by atoms with Crippen molar-refractivity contribution in [1.82, 2.24) is 9.36 Å². The average molecular weight is 456 g/mol.